The molecule has 4 heteroatoms. The number of nitrogens with zero attached hydrogens (tertiary/aromatic N) is 2. The zero-order valence-corrected chi connectivity index (χ0v) is 13.1. The molecule has 0 aliphatic carbocycles. The molecule has 0 saturated heterocycles. The Morgan fingerprint density at radius 3 is 2.61 bits per heavy atom. The Balaban J connectivity index is 2.62. The van der Waals surface area contributed by atoms with Crippen LogP contribution in [-0.4, -0.2) is 9.78 Å². The normalized spacial score (nSPS) is 10.9. The molecule has 0 radical (unpaired) electrons. The van der Waals surface area contributed by atoms with E-state index in [0.29, 0.717) is 5.88 Å². The predicted molar refractivity (Wildman–Crippen MR) is 79.7 cm³/mol. The van der Waals surface area contributed by atoms with E-state index in [9.17, 15) is 0 Å². The summed E-state index contributed by atoms with van der Waals surface area (Å²) in [5.74, 6) is 0.481. The summed E-state index contributed by atoms with van der Waals surface area (Å²) >= 11 is 9.50. The van der Waals surface area contributed by atoms with Crippen LogP contribution < -0.4 is 0 Å². The average molecular weight is 328 g/mol. The van der Waals surface area contributed by atoms with Gasteiger partial charge in [-0.05, 0) is 49.6 Å². The van der Waals surface area contributed by atoms with Gasteiger partial charge < -0.3 is 0 Å². The summed E-state index contributed by atoms with van der Waals surface area (Å²) in [5, 5.41) is 4.63. The average Bonchev–Trinajstić information content (AvgIpc) is 2.64. The molecule has 1 heterocycles. The first-order chi connectivity index (χ1) is 8.58. The van der Waals surface area contributed by atoms with Gasteiger partial charge in [-0.2, -0.15) is 5.10 Å². The van der Waals surface area contributed by atoms with E-state index in [-0.39, 0.29) is 0 Å². The molecule has 0 unspecified atom stereocenters. The molecule has 2 nitrogen and oxygen atoms in total. The minimum atomic E-state index is 0.481. The Hall–Kier alpha value is -0.800. The number of hydrogen-bond acceptors (Lipinski definition) is 1. The summed E-state index contributed by atoms with van der Waals surface area (Å²) in [6.07, 6.45) is 1.00. The van der Waals surface area contributed by atoms with Crippen molar-refractivity contribution in [2.45, 2.75) is 33.1 Å². The fourth-order valence-corrected chi connectivity index (χ4v) is 2.91. The molecule has 0 spiro atoms. The third kappa shape index (κ3) is 2.34. The highest BCUT2D eigenvalue weighted by Gasteiger charge is 2.13. The van der Waals surface area contributed by atoms with Gasteiger partial charge in [0, 0.05) is 16.0 Å². The zero-order valence-electron chi connectivity index (χ0n) is 10.8. The van der Waals surface area contributed by atoms with E-state index in [4.69, 9.17) is 11.6 Å². The van der Waals surface area contributed by atoms with Crippen molar-refractivity contribution in [3.8, 4) is 5.69 Å². The summed E-state index contributed by atoms with van der Waals surface area (Å²) in [6, 6.07) is 6.12. The van der Waals surface area contributed by atoms with Gasteiger partial charge in [0.1, 0.15) is 0 Å². The Labute approximate surface area is 121 Å². The maximum Gasteiger partial charge on any atom is 0.0693 e. The van der Waals surface area contributed by atoms with Crippen LogP contribution in [0, 0.1) is 13.8 Å². The Morgan fingerprint density at radius 2 is 2.06 bits per heavy atom. The molecule has 96 valence electrons. The molecule has 0 bridgehead atoms. The largest absolute Gasteiger partial charge is 0.237 e. The maximum atomic E-state index is 6.02. The Morgan fingerprint density at radius 1 is 1.33 bits per heavy atom. The molecule has 0 aliphatic rings. The summed E-state index contributed by atoms with van der Waals surface area (Å²) in [7, 11) is 0. The molecule has 2 aromatic rings. The molecule has 1 aromatic heterocycles. The first kappa shape index (κ1) is 13.6. The van der Waals surface area contributed by atoms with Gasteiger partial charge in [-0.25, -0.2) is 4.68 Å². The molecule has 0 aliphatic heterocycles. The third-order valence-corrected chi connectivity index (χ3v) is 3.99. The van der Waals surface area contributed by atoms with Gasteiger partial charge in [-0.1, -0.05) is 22.9 Å². The lowest BCUT2D eigenvalue weighted by Gasteiger charge is -2.10. The smallest absolute Gasteiger partial charge is 0.0693 e. The minimum absolute atomic E-state index is 0.481. The molecule has 0 amide bonds. The number of aryl methyl sites for hydroxylation is 1. The van der Waals surface area contributed by atoms with Crippen molar-refractivity contribution < 1.29 is 0 Å². The minimum Gasteiger partial charge on any atom is -0.237 e. The van der Waals surface area contributed by atoms with Crippen LogP contribution in [0.3, 0.4) is 0 Å². The van der Waals surface area contributed by atoms with E-state index in [2.05, 4.69) is 47.9 Å². The number of aromatic nitrogens is 2. The fraction of sp³-hybridized carbons (Fsp3) is 0.357. The second kappa shape index (κ2) is 5.45. The number of hydrogen-bond donors (Lipinski definition) is 0. The van der Waals surface area contributed by atoms with Crippen LogP contribution in [0.2, 0.25) is 0 Å². The van der Waals surface area contributed by atoms with Crippen LogP contribution >= 0.6 is 27.5 Å². The van der Waals surface area contributed by atoms with E-state index in [1.165, 1.54) is 11.3 Å². The lowest BCUT2D eigenvalue weighted by Crippen LogP contribution is -2.03. The van der Waals surface area contributed by atoms with Crippen molar-refractivity contribution >= 4 is 27.5 Å². The number of alkyl halides is 1. The molecule has 2 rings (SSSR count). The second-order valence-electron chi connectivity index (χ2n) is 4.32. The van der Waals surface area contributed by atoms with Crippen molar-refractivity contribution in [3.05, 3.63) is 45.2 Å². The van der Waals surface area contributed by atoms with Crippen molar-refractivity contribution in [1.82, 2.24) is 9.78 Å². The Kier molecular flexibility index (Phi) is 4.13. The fourth-order valence-electron chi connectivity index (χ4n) is 2.29. The summed E-state index contributed by atoms with van der Waals surface area (Å²) in [4.78, 5) is 0. The van der Waals surface area contributed by atoms with Crippen LogP contribution in [-0.2, 0) is 12.3 Å². The monoisotopic (exact) mass is 326 g/mol. The van der Waals surface area contributed by atoms with Crippen LogP contribution in [0.25, 0.3) is 5.69 Å². The number of rotatable bonds is 3. The topological polar surface area (TPSA) is 17.8 Å². The van der Waals surface area contributed by atoms with E-state index >= 15 is 0 Å². The van der Waals surface area contributed by atoms with Gasteiger partial charge in [-0.15, -0.1) is 11.6 Å². The van der Waals surface area contributed by atoms with Crippen molar-refractivity contribution in [2.24, 2.45) is 0 Å². The lowest BCUT2D eigenvalue weighted by molar-refractivity contribution is 0.825. The van der Waals surface area contributed by atoms with E-state index in [1.807, 2.05) is 16.8 Å². The van der Waals surface area contributed by atoms with Gasteiger partial charge in [0.25, 0.3) is 0 Å². The summed E-state index contributed by atoms with van der Waals surface area (Å²) in [6.45, 7) is 6.33. The molecule has 0 atom stereocenters. The molecule has 0 saturated carbocycles. The highest BCUT2D eigenvalue weighted by molar-refractivity contribution is 9.10. The Bertz CT molecular complexity index is 575. The molecular weight excluding hydrogens is 312 g/mol. The first-order valence-corrected chi connectivity index (χ1v) is 7.31. The van der Waals surface area contributed by atoms with Crippen LogP contribution in [0.1, 0.15) is 29.4 Å². The molecule has 1 aromatic carbocycles. The lowest BCUT2D eigenvalue weighted by atomic mass is 10.1. The molecule has 0 fully saturated rings. The van der Waals surface area contributed by atoms with E-state index < -0.39 is 0 Å². The summed E-state index contributed by atoms with van der Waals surface area (Å²) in [5.41, 5.74) is 5.76. The van der Waals surface area contributed by atoms with Gasteiger partial charge in [0.05, 0.1) is 11.4 Å². The van der Waals surface area contributed by atoms with E-state index in [0.717, 1.165) is 27.8 Å². The summed E-state index contributed by atoms with van der Waals surface area (Å²) < 4.78 is 3.04. The van der Waals surface area contributed by atoms with Crippen molar-refractivity contribution in [3.63, 3.8) is 0 Å². The van der Waals surface area contributed by atoms with Gasteiger partial charge >= 0.3 is 0 Å². The van der Waals surface area contributed by atoms with Gasteiger partial charge in [0.15, 0.2) is 0 Å². The highest BCUT2D eigenvalue weighted by atomic mass is 79.9. The van der Waals surface area contributed by atoms with Crippen molar-refractivity contribution in [2.75, 3.05) is 0 Å². The van der Waals surface area contributed by atoms with Crippen LogP contribution in [0.15, 0.2) is 22.7 Å². The molecule has 18 heavy (non-hydrogen) atoms. The van der Waals surface area contributed by atoms with Crippen LogP contribution in [0.5, 0.6) is 0 Å². The van der Waals surface area contributed by atoms with E-state index in [1.54, 1.807) is 0 Å². The molecule has 0 N–H and O–H groups in total. The van der Waals surface area contributed by atoms with Gasteiger partial charge in [0.2, 0.25) is 0 Å². The van der Waals surface area contributed by atoms with Gasteiger partial charge in [-0.3, -0.25) is 0 Å². The zero-order chi connectivity index (χ0) is 13.3. The quantitative estimate of drug-likeness (QED) is 0.756. The predicted octanol–water partition coefficient (Wildman–Crippen LogP) is 4.55. The first-order valence-electron chi connectivity index (χ1n) is 5.98. The molecular formula is C14H16BrClN2. The number of benzene rings is 1. The second-order valence-corrected chi connectivity index (χ2v) is 5.50. The standard InChI is InChI=1S/C14H16BrClN2/c1-4-13-9(2)17-18(10(13)3)14-6-5-12(15)7-11(14)8-16/h5-7H,4,8H2,1-3H3. The van der Waals surface area contributed by atoms with Crippen LogP contribution in [0.4, 0.5) is 0 Å². The number of halogens is 2. The van der Waals surface area contributed by atoms with Crippen molar-refractivity contribution in [1.29, 1.82) is 0 Å². The highest BCUT2D eigenvalue weighted by Crippen LogP contribution is 2.25. The SMILES string of the molecule is CCc1c(C)nn(-c2ccc(Br)cc2CCl)c1C. The maximum absolute atomic E-state index is 6.02. The third-order valence-electron chi connectivity index (χ3n) is 3.21.